The van der Waals surface area contributed by atoms with E-state index < -0.39 is 0 Å². The lowest BCUT2D eigenvalue weighted by atomic mass is 9.84. The summed E-state index contributed by atoms with van der Waals surface area (Å²) in [5.41, 5.74) is 2.64. The van der Waals surface area contributed by atoms with Gasteiger partial charge in [0.05, 0.1) is 6.04 Å². The monoisotopic (exact) mass is 413 g/mol. The zero-order chi connectivity index (χ0) is 21.7. The van der Waals surface area contributed by atoms with Crippen LogP contribution < -0.4 is 5.32 Å². The molecule has 1 unspecified atom stereocenters. The lowest BCUT2D eigenvalue weighted by Crippen LogP contribution is -2.57. The number of hydrogen-bond donors (Lipinski definition) is 1. The zero-order valence-electron chi connectivity index (χ0n) is 19.4. The van der Waals surface area contributed by atoms with Crippen LogP contribution in [0.25, 0.3) is 0 Å². The molecule has 1 aromatic rings. The molecule has 0 saturated carbocycles. The summed E-state index contributed by atoms with van der Waals surface area (Å²) in [4.78, 5) is 23.9. The predicted molar refractivity (Wildman–Crippen MR) is 124 cm³/mol. The number of guanidine groups is 1. The van der Waals surface area contributed by atoms with Crippen molar-refractivity contribution < 1.29 is 4.79 Å². The molecule has 1 N–H and O–H groups in total. The first-order valence-corrected chi connectivity index (χ1v) is 11.4. The van der Waals surface area contributed by atoms with Gasteiger partial charge in [0.1, 0.15) is 0 Å². The van der Waals surface area contributed by atoms with Crippen molar-refractivity contribution >= 4 is 11.9 Å². The van der Waals surface area contributed by atoms with Gasteiger partial charge in [-0.3, -0.25) is 14.7 Å². The number of hydrogen-bond acceptors (Lipinski definition) is 3. The number of aryl methyl sites for hydroxylation is 1. The van der Waals surface area contributed by atoms with Gasteiger partial charge in [-0.2, -0.15) is 0 Å². The Kier molecular flexibility index (Phi) is 7.40. The topological polar surface area (TPSA) is 51.2 Å². The number of carbonyl (C=O) groups is 1. The van der Waals surface area contributed by atoms with Crippen LogP contribution in [0, 0.1) is 6.92 Å². The first-order chi connectivity index (χ1) is 14.3. The summed E-state index contributed by atoms with van der Waals surface area (Å²) in [6.45, 7) is 15.0. The Morgan fingerprint density at radius 1 is 1.10 bits per heavy atom. The van der Waals surface area contributed by atoms with Crippen molar-refractivity contribution in [3.05, 3.63) is 35.4 Å². The van der Waals surface area contributed by atoms with Crippen LogP contribution in [0.3, 0.4) is 0 Å². The van der Waals surface area contributed by atoms with Gasteiger partial charge in [0, 0.05) is 58.3 Å². The highest BCUT2D eigenvalue weighted by molar-refractivity contribution is 5.82. The first kappa shape index (κ1) is 22.6. The Hall–Kier alpha value is -2.08. The minimum absolute atomic E-state index is 0.0143. The number of piperazine rings is 1. The summed E-state index contributed by atoms with van der Waals surface area (Å²) in [6, 6.07) is 8.71. The summed E-state index contributed by atoms with van der Waals surface area (Å²) in [7, 11) is 1.86. The third kappa shape index (κ3) is 5.34. The maximum absolute atomic E-state index is 12.7. The van der Waals surface area contributed by atoms with Crippen LogP contribution in [0.1, 0.15) is 44.7 Å². The molecule has 166 valence electrons. The molecular formula is C24H39N5O. The Bertz CT molecular complexity index is 746. The number of aliphatic imine (C=N–C) groups is 1. The second kappa shape index (κ2) is 9.82. The summed E-state index contributed by atoms with van der Waals surface area (Å²) in [5, 5.41) is 3.59. The molecule has 0 aromatic heterocycles. The number of rotatable bonds is 5. The van der Waals surface area contributed by atoms with Crippen LogP contribution in [0.4, 0.5) is 0 Å². The number of likely N-dealkylation sites (tertiary alicyclic amines) is 1. The molecule has 2 saturated heterocycles. The van der Waals surface area contributed by atoms with E-state index in [-0.39, 0.29) is 11.5 Å². The molecular weight excluding hydrogens is 374 g/mol. The fourth-order valence-electron chi connectivity index (χ4n) is 4.48. The van der Waals surface area contributed by atoms with E-state index in [1.807, 2.05) is 11.9 Å². The Balaban J connectivity index is 1.51. The number of amides is 1. The van der Waals surface area contributed by atoms with Gasteiger partial charge < -0.3 is 15.1 Å². The summed E-state index contributed by atoms with van der Waals surface area (Å²) >= 11 is 0. The molecule has 2 heterocycles. The van der Waals surface area contributed by atoms with Crippen molar-refractivity contribution in [3.63, 3.8) is 0 Å². The van der Waals surface area contributed by atoms with Crippen molar-refractivity contribution in [2.75, 3.05) is 52.9 Å². The maximum atomic E-state index is 12.7. The average molecular weight is 414 g/mol. The number of nitrogens with zero attached hydrogens (tertiary/aromatic N) is 4. The Labute approximate surface area is 182 Å². The third-order valence-corrected chi connectivity index (χ3v) is 6.64. The number of benzene rings is 1. The van der Waals surface area contributed by atoms with Gasteiger partial charge in [-0.05, 0) is 32.3 Å². The molecule has 1 atom stereocenters. The van der Waals surface area contributed by atoms with Crippen LogP contribution in [-0.2, 0) is 10.2 Å². The molecule has 0 spiro atoms. The van der Waals surface area contributed by atoms with Crippen LogP contribution in [-0.4, -0.2) is 85.5 Å². The lowest BCUT2D eigenvalue weighted by Gasteiger charge is -2.40. The molecule has 6 heteroatoms. The van der Waals surface area contributed by atoms with Crippen molar-refractivity contribution in [2.24, 2.45) is 4.99 Å². The fourth-order valence-corrected chi connectivity index (χ4v) is 4.48. The van der Waals surface area contributed by atoms with Crippen molar-refractivity contribution in [1.29, 1.82) is 0 Å². The van der Waals surface area contributed by atoms with Gasteiger partial charge in [0.25, 0.3) is 0 Å². The van der Waals surface area contributed by atoms with Gasteiger partial charge in [-0.15, -0.1) is 0 Å². The molecule has 3 rings (SSSR count). The molecule has 1 aromatic carbocycles. The van der Waals surface area contributed by atoms with Crippen LogP contribution in [0.2, 0.25) is 0 Å². The van der Waals surface area contributed by atoms with E-state index in [0.29, 0.717) is 5.91 Å². The summed E-state index contributed by atoms with van der Waals surface area (Å²) < 4.78 is 0. The quantitative estimate of drug-likeness (QED) is 0.595. The largest absolute Gasteiger partial charge is 0.355 e. The maximum Gasteiger partial charge on any atom is 0.239 e. The molecule has 1 amide bonds. The molecule has 0 aliphatic carbocycles. The van der Waals surface area contributed by atoms with Crippen LogP contribution in [0.5, 0.6) is 0 Å². The minimum atomic E-state index is -0.0273. The van der Waals surface area contributed by atoms with E-state index in [1.165, 1.54) is 11.1 Å². The first-order valence-electron chi connectivity index (χ1n) is 11.4. The highest BCUT2D eigenvalue weighted by Crippen LogP contribution is 2.23. The molecule has 0 radical (unpaired) electrons. The van der Waals surface area contributed by atoms with Gasteiger partial charge in [-0.25, -0.2) is 0 Å². The SMILES string of the molecule is CN=C(NCC(C)(C)c1cccc(C)c1)N1CCN(C(C)C(=O)N2CCCC2)CC1. The number of nitrogens with one attached hydrogen (secondary N) is 1. The van der Waals surface area contributed by atoms with E-state index in [2.05, 4.69) is 72.1 Å². The van der Waals surface area contributed by atoms with E-state index in [1.54, 1.807) is 0 Å². The second-order valence-electron chi connectivity index (χ2n) is 9.39. The highest BCUT2D eigenvalue weighted by Gasteiger charge is 2.31. The summed E-state index contributed by atoms with van der Waals surface area (Å²) in [6.07, 6.45) is 2.29. The minimum Gasteiger partial charge on any atom is -0.355 e. The zero-order valence-corrected chi connectivity index (χ0v) is 19.4. The third-order valence-electron chi connectivity index (χ3n) is 6.64. The second-order valence-corrected chi connectivity index (χ2v) is 9.39. The molecule has 6 nitrogen and oxygen atoms in total. The highest BCUT2D eigenvalue weighted by atomic mass is 16.2. The van der Waals surface area contributed by atoms with Crippen molar-refractivity contribution in [1.82, 2.24) is 20.0 Å². The normalized spacial score (nSPS) is 19.8. The van der Waals surface area contributed by atoms with E-state index >= 15 is 0 Å². The molecule has 2 fully saturated rings. The average Bonchev–Trinajstić information content (AvgIpc) is 3.28. The Morgan fingerprint density at radius 3 is 2.37 bits per heavy atom. The molecule has 2 aliphatic heterocycles. The van der Waals surface area contributed by atoms with Crippen LogP contribution >= 0.6 is 0 Å². The lowest BCUT2D eigenvalue weighted by molar-refractivity contribution is -0.135. The van der Waals surface area contributed by atoms with Gasteiger partial charge in [0.15, 0.2) is 5.96 Å². The standard InChI is InChI=1S/C24H39N5O/c1-19-9-8-10-21(17-19)24(3,4)18-26-23(25-5)29-15-13-27(14-16-29)20(2)22(30)28-11-6-7-12-28/h8-10,17,20H,6-7,11-16,18H2,1-5H3,(H,25,26). The van der Waals surface area contributed by atoms with Crippen molar-refractivity contribution in [3.8, 4) is 0 Å². The van der Waals surface area contributed by atoms with Gasteiger partial charge in [0.2, 0.25) is 5.91 Å². The van der Waals surface area contributed by atoms with E-state index in [0.717, 1.165) is 64.6 Å². The smallest absolute Gasteiger partial charge is 0.239 e. The molecule has 30 heavy (non-hydrogen) atoms. The van der Waals surface area contributed by atoms with E-state index in [4.69, 9.17) is 0 Å². The predicted octanol–water partition coefficient (Wildman–Crippen LogP) is 2.48. The van der Waals surface area contributed by atoms with Gasteiger partial charge >= 0.3 is 0 Å². The summed E-state index contributed by atoms with van der Waals surface area (Å²) in [5.74, 6) is 1.25. The number of carbonyl (C=O) groups excluding carboxylic acids is 1. The van der Waals surface area contributed by atoms with Crippen LogP contribution in [0.15, 0.2) is 29.3 Å². The van der Waals surface area contributed by atoms with E-state index in [9.17, 15) is 4.79 Å². The van der Waals surface area contributed by atoms with Crippen molar-refractivity contribution in [2.45, 2.75) is 52.0 Å². The fraction of sp³-hybridized carbons (Fsp3) is 0.667. The Morgan fingerprint density at radius 2 is 1.77 bits per heavy atom. The molecule has 0 bridgehead atoms. The molecule has 2 aliphatic rings. The van der Waals surface area contributed by atoms with Gasteiger partial charge in [-0.1, -0.05) is 43.7 Å².